The minimum atomic E-state index is -4.96. The van der Waals surface area contributed by atoms with Crippen LogP contribution in [0.4, 0.5) is 0 Å². The van der Waals surface area contributed by atoms with Crippen molar-refractivity contribution in [1.82, 2.24) is 0 Å². The Morgan fingerprint density at radius 1 is 0.273 bits per heavy atom. The third-order valence-electron chi connectivity index (χ3n) is 18.6. The molecule has 0 aromatic carbocycles. The first-order valence-electron chi connectivity index (χ1n) is 41.3. The average Bonchev–Trinajstić information content (AvgIpc) is 0.966. The normalized spacial score (nSPS) is 14.0. The van der Waals surface area contributed by atoms with Crippen molar-refractivity contribution in [2.45, 2.75) is 433 Å². The first kappa shape index (κ1) is 97.1. The first-order valence-corrected chi connectivity index (χ1v) is 44.3. The van der Waals surface area contributed by atoms with Gasteiger partial charge in [0.1, 0.15) is 19.3 Å². The van der Waals surface area contributed by atoms with Crippen molar-refractivity contribution in [3.8, 4) is 0 Å². The molecule has 0 spiro atoms. The zero-order valence-corrected chi connectivity index (χ0v) is 66.8. The van der Waals surface area contributed by atoms with Crippen LogP contribution in [0.5, 0.6) is 0 Å². The first-order chi connectivity index (χ1) is 47.7. The Labute approximate surface area is 607 Å². The molecule has 588 valence electrons. The summed E-state index contributed by atoms with van der Waals surface area (Å²) >= 11 is 0. The van der Waals surface area contributed by atoms with Gasteiger partial charge in [0.2, 0.25) is 0 Å². The molecule has 0 heterocycles. The van der Waals surface area contributed by atoms with Crippen LogP contribution in [0.1, 0.15) is 414 Å². The lowest BCUT2D eigenvalue weighted by atomic mass is 10.0. The van der Waals surface area contributed by atoms with Crippen LogP contribution in [-0.4, -0.2) is 96.7 Å². The number of phosphoric acid groups is 2. The molecule has 0 rings (SSSR count). The lowest BCUT2D eigenvalue weighted by Gasteiger charge is -2.21. The molecule has 19 heteroatoms. The van der Waals surface area contributed by atoms with E-state index in [1.807, 2.05) is 0 Å². The SMILES string of the molecule is CCCCCCCCCCCCCCCCCCCCC(=O)OC[C@H](COP(=O)(O)OC[C@@H](O)COP(=O)(O)OC[C@@H](COC(=O)CCCCCCCCCCC(C)C)OC(=O)CCCCCCCCCCCC(C)C)OC(=O)CCCCCCCCCCCCCCCCCC(C)C. The van der Waals surface area contributed by atoms with Crippen molar-refractivity contribution in [2.24, 2.45) is 17.8 Å². The molecule has 99 heavy (non-hydrogen) atoms. The quantitative estimate of drug-likeness (QED) is 0.0222. The van der Waals surface area contributed by atoms with E-state index in [0.717, 1.165) is 108 Å². The second-order valence-corrected chi connectivity index (χ2v) is 33.1. The predicted molar refractivity (Wildman–Crippen MR) is 405 cm³/mol. The number of rotatable bonds is 78. The van der Waals surface area contributed by atoms with Crippen LogP contribution >= 0.6 is 15.6 Å². The molecule has 5 atom stereocenters. The van der Waals surface area contributed by atoms with Gasteiger partial charge >= 0.3 is 39.5 Å². The molecule has 0 aromatic rings. The predicted octanol–water partition coefficient (Wildman–Crippen LogP) is 23.7. The van der Waals surface area contributed by atoms with Crippen LogP contribution in [0.3, 0.4) is 0 Å². The molecule has 2 unspecified atom stereocenters. The Bertz CT molecular complexity index is 1920. The number of hydrogen-bond acceptors (Lipinski definition) is 15. The highest BCUT2D eigenvalue weighted by atomic mass is 31.2. The van der Waals surface area contributed by atoms with E-state index in [1.165, 1.54) is 225 Å². The van der Waals surface area contributed by atoms with E-state index in [-0.39, 0.29) is 25.7 Å². The van der Waals surface area contributed by atoms with E-state index in [2.05, 4.69) is 48.5 Å². The zero-order chi connectivity index (χ0) is 73.0. The van der Waals surface area contributed by atoms with Gasteiger partial charge in [0.25, 0.3) is 0 Å². The number of unbranched alkanes of at least 4 members (excludes halogenated alkanes) is 46. The number of hydrogen-bond donors (Lipinski definition) is 3. The Balaban J connectivity index is 5.24. The molecule has 0 aromatic heterocycles. The molecule has 0 saturated carbocycles. The molecule has 0 bridgehead atoms. The van der Waals surface area contributed by atoms with Crippen molar-refractivity contribution in [1.29, 1.82) is 0 Å². The smallest absolute Gasteiger partial charge is 0.462 e. The fraction of sp³-hybridized carbons (Fsp3) is 0.950. The summed E-state index contributed by atoms with van der Waals surface area (Å²) in [5.41, 5.74) is 0. The van der Waals surface area contributed by atoms with Gasteiger partial charge in [-0.15, -0.1) is 0 Å². The van der Waals surface area contributed by atoms with Crippen molar-refractivity contribution < 1.29 is 80.2 Å². The molecule has 3 N–H and O–H groups in total. The standard InChI is InChI=1S/C80H156O17P2/c1-8-9-10-11-12-13-14-15-16-17-18-21-24-27-32-40-47-54-61-77(82)90-67-75(96-79(84)63-56-49-42-33-28-25-22-19-20-23-26-30-37-44-51-58-71(2)3)69-94-98(86,87)92-65-74(81)66-93-99(88,89)95-70-76(68-91-78(83)62-55-48-41-36-35-39-46-53-60-73(6)7)97-80(85)64-57-50-43-34-29-31-38-45-52-59-72(4)5/h71-76,81H,8-70H2,1-7H3,(H,86,87)(H,88,89)/t74-,75-,76-/m1/s1. The Hall–Kier alpha value is -1.94. The van der Waals surface area contributed by atoms with Crippen molar-refractivity contribution >= 4 is 39.5 Å². The molecule has 0 fully saturated rings. The molecule has 0 aliphatic carbocycles. The Morgan fingerprint density at radius 3 is 0.687 bits per heavy atom. The summed E-state index contributed by atoms with van der Waals surface area (Å²) in [5, 5.41) is 10.6. The fourth-order valence-corrected chi connectivity index (χ4v) is 13.9. The molecule has 0 aliphatic heterocycles. The minimum Gasteiger partial charge on any atom is -0.462 e. The van der Waals surface area contributed by atoms with Crippen LogP contribution in [0.25, 0.3) is 0 Å². The van der Waals surface area contributed by atoms with Gasteiger partial charge in [-0.2, -0.15) is 0 Å². The summed E-state index contributed by atoms with van der Waals surface area (Å²) in [6, 6.07) is 0. The second kappa shape index (κ2) is 70.4. The van der Waals surface area contributed by atoms with Crippen LogP contribution in [-0.2, 0) is 65.4 Å². The number of aliphatic hydroxyl groups excluding tert-OH is 1. The number of ether oxygens (including phenoxy) is 4. The maximum absolute atomic E-state index is 13.1. The van der Waals surface area contributed by atoms with Gasteiger partial charge in [-0.05, 0) is 43.4 Å². The van der Waals surface area contributed by atoms with Gasteiger partial charge in [0.15, 0.2) is 12.2 Å². The maximum atomic E-state index is 13.1. The second-order valence-electron chi connectivity index (χ2n) is 30.2. The monoisotopic (exact) mass is 1450 g/mol. The topological polar surface area (TPSA) is 237 Å². The number of carbonyl (C=O) groups excluding carboxylic acids is 4. The van der Waals surface area contributed by atoms with Crippen LogP contribution in [0, 0.1) is 17.8 Å². The molecule has 0 aliphatic rings. The maximum Gasteiger partial charge on any atom is 0.472 e. The highest BCUT2D eigenvalue weighted by Gasteiger charge is 2.30. The molecule has 17 nitrogen and oxygen atoms in total. The third kappa shape index (κ3) is 74.1. The minimum absolute atomic E-state index is 0.105. The highest BCUT2D eigenvalue weighted by Crippen LogP contribution is 2.45. The molecular formula is C80H156O17P2. The van der Waals surface area contributed by atoms with Crippen molar-refractivity contribution in [2.75, 3.05) is 39.6 Å². The lowest BCUT2D eigenvalue weighted by molar-refractivity contribution is -0.161. The van der Waals surface area contributed by atoms with Crippen molar-refractivity contribution in [3.63, 3.8) is 0 Å². The Kier molecular flexibility index (Phi) is 69.0. The van der Waals surface area contributed by atoms with Gasteiger partial charge in [-0.3, -0.25) is 37.3 Å². The highest BCUT2D eigenvalue weighted by molar-refractivity contribution is 7.47. The number of esters is 4. The number of carbonyl (C=O) groups is 4. The molecule has 0 radical (unpaired) electrons. The average molecular weight is 1450 g/mol. The van der Waals surface area contributed by atoms with Crippen LogP contribution < -0.4 is 0 Å². The summed E-state index contributed by atoms with van der Waals surface area (Å²) in [4.78, 5) is 73.0. The van der Waals surface area contributed by atoms with Crippen LogP contribution in [0.2, 0.25) is 0 Å². The van der Waals surface area contributed by atoms with Gasteiger partial charge in [0, 0.05) is 25.7 Å². The van der Waals surface area contributed by atoms with E-state index in [4.69, 9.17) is 37.0 Å². The van der Waals surface area contributed by atoms with Gasteiger partial charge in [-0.25, -0.2) is 9.13 Å². The number of aliphatic hydroxyl groups is 1. The summed E-state index contributed by atoms with van der Waals surface area (Å²) in [6.45, 7) is 11.9. The van der Waals surface area contributed by atoms with Gasteiger partial charge < -0.3 is 33.8 Å². The summed E-state index contributed by atoms with van der Waals surface area (Å²) in [7, 11) is -9.92. The molecular weight excluding hydrogens is 1290 g/mol. The summed E-state index contributed by atoms with van der Waals surface area (Å²) < 4.78 is 68.7. The van der Waals surface area contributed by atoms with E-state index < -0.39 is 97.5 Å². The largest absolute Gasteiger partial charge is 0.472 e. The van der Waals surface area contributed by atoms with E-state index >= 15 is 0 Å². The third-order valence-corrected chi connectivity index (χ3v) is 20.5. The van der Waals surface area contributed by atoms with E-state index in [1.54, 1.807) is 0 Å². The van der Waals surface area contributed by atoms with Crippen molar-refractivity contribution in [3.05, 3.63) is 0 Å². The van der Waals surface area contributed by atoms with Crippen LogP contribution in [0.15, 0.2) is 0 Å². The lowest BCUT2D eigenvalue weighted by Crippen LogP contribution is -2.30. The fourth-order valence-electron chi connectivity index (χ4n) is 12.3. The zero-order valence-electron chi connectivity index (χ0n) is 65.0. The van der Waals surface area contributed by atoms with E-state index in [9.17, 15) is 43.2 Å². The van der Waals surface area contributed by atoms with E-state index in [0.29, 0.717) is 25.7 Å². The molecule has 0 saturated heterocycles. The Morgan fingerprint density at radius 2 is 0.465 bits per heavy atom. The summed E-state index contributed by atoms with van der Waals surface area (Å²) in [6.07, 6.45) is 58.4. The van der Waals surface area contributed by atoms with Gasteiger partial charge in [-0.1, -0.05) is 363 Å². The summed E-state index contributed by atoms with van der Waals surface area (Å²) in [5.74, 6) is 0.152. The molecule has 0 amide bonds. The number of phosphoric ester groups is 2. The van der Waals surface area contributed by atoms with Gasteiger partial charge in [0.05, 0.1) is 26.4 Å².